The first-order chi connectivity index (χ1) is 13.2. The molecule has 1 N–H and O–H groups in total. The van der Waals surface area contributed by atoms with E-state index in [9.17, 15) is 4.79 Å². The highest BCUT2D eigenvalue weighted by molar-refractivity contribution is 5.89. The third-order valence-electron chi connectivity index (χ3n) is 5.29. The van der Waals surface area contributed by atoms with Gasteiger partial charge in [-0.15, -0.1) is 0 Å². The number of amides is 1. The lowest BCUT2D eigenvalue weighted by molar-refractivity contribution is -0.119. The fourth-order valence-corrected chi connectivity index (χ4v) is 3.57. The van der Waals surface area contributed by atoms with Gasteiger partial charge in [-0.3, -0.25) is 14.2 Å². The Bertz CT molecular complexity index is 1030. The maximum absolute atomic E-state index is 11.6. The van der Waals surface area contributed by atoms with E-state index in [-0.39, 0.29) is 24.9 Å². The van der Waals surface area contributed by atoms with E-state index in [1.54, 1.807) is 4.68 Å². The predicted octanol–water partition coefficient (Wildman–Crippen LogP) is 3.34. The second kappa shape index (κ2) is 6.65. The fourth-order valence-electron chi connectivity index (χ4n) is 3.57. The summed E-state index contributed by atoms with van der Waals surface area (Å²) in [7, 11) is 1.91. The van der Waals surface area contributed by atoms with Crippen molar-refractivity contribution < 1.29 is 11.0 Å². The van der Waals surface area contributed by atoms with Crippen LogP contribution < -0.4 is 10.1 Å². The van der Waals surface area contributed by atoms with Gasteiger partial charge in [0, 0.05) is 45.3 Å². The minimum absolute atomic E-state index is 0. The summed E-state index contributed by atoms with van der Waals surface area (Å²) in [6.45, 7) is 9.06. The zero-order chi connectivity index (χ0) is 20.1. The van der Waals surface area contributed by atoms with Crippen LogP contribution in [0.1, 0.15) is 35.5 Å². The van der Waals surface area contributed by atoms with Crippen molar-refractivity contribution in [3.63, 3.8) is 0 Å². The molecule has 3 heterocycles. The van der Waals surface area contributed by atoms with Gasteiger partial charge >= 0.3 is 0 Å². The Labute approximate surface area is 166 Å². The highest BCUT2D eigenvalue weighted by Crippen LogP contribution is 2.34. The maximum atomic E-state index is 11.6. The van der Waals surface area contributed by atoms with Crippen LogP contribution in [-0.4, -0.2) is 38.1 Å². The molecule has 0 aliphatic carbocycles. The fraction of sp³-hybridized carbons (Fsp3) is 0.476. The van der Waals surface area contributed by atoms with Gasteiger partial charge in [-0.2, -0.15) is 10.2 Å². The summed E-state index contributed by atoms with van der Waals surface area (Å²) in [6, 6.07) is 4.12. The SMILES string of the molecule is C[C@@H](Oc1cc(-c2cnn(C(C)(C)C)c2)cc2nn(C)cc12)[C@H]1CNC(=O)C1.[HH]. The summed E-state index contributed by atoms with van der Waals surface area (Å²) >= 11 is 0. The largest absolute Gasteiger partial charge is 0.490 e. The standard InChI is InChI=1S/C21H27N5O2.H2/c1-13(15-8-20(27)22-9-15)28-19-7-14(6-18-17(19)12-25(5)24-18)16-10-23-26(11-16)21(2,3)4;/h6-7,10-13,15H,8-9H2,1-5H3,(H,22,27);1H/t13-,15-;/m1./s1. The van der Waals surface area contributed by atoms with E-state index >= 15 is 0 Å². The van der Waals surface area contributed by atoms with Gasteiger partial charge in [-0.05, 0) is 45.4 Å². The molecule has 1 fully saturated rings. The van der Waals surface area contributed by atoms with Gasteiger partial charge in [0.2, 0.25) is 5.91 Å². The number of benzene rings is 1. The Morgan fingerprint density at radius 2 is 2.07 bits per heavy atom. The third kappa shape index (κ3) is 3.48. The van der Waals surface area contributed by atoms with Gasteiger partial charge in [0.1, 0.15) is 11.9 Å². The number of nitrogens with zero attached hydrogens (tertiary/aromatic N) is 4. The quantitative estimate of drug-likeness (QED) is 0.750. The molecule has 1 aliphatic heterocycles. The summed E-state index contributed by atoms with van der Waals surface area (Å²) in [5, 5.41) is 12.9. The summed E-state index contributed by atoms with van der Waals surface area (Å²) in [4.78, 5) is 11.6. The Morgan fingerprint density at radius 3 is 2.71 bits per heavy atom. The molecule has 0 saturated carbocycles. The van der Waals surface area contributed by atoms with Crippen LogP contribution in [0.5, 0.6) is 5.75 Å². The van der Waals surface area contributed by atoms with Gasteiger partial charge < -0.3 is 10.1 Å². The zero-order valence-electron chi connectivity index (χ0n) is 17.1. The van der Waals surface area contributed by atoms with Gasteiger partial charge in [-0.1, -0.05) is 0 Å². The Hall–Kier alpha value is -2.83. The van der Waals surface area contributed by atoms with Crippen LogP contribution in [0.2, 0.25) is 0 Å². The molecule has 0 bridgehead atoms. The minimum atomic E-state index is -0.0802. The van der Waals surface area contributed by atoms with E-state index in [1.165, 1.54) is 0 Å². The third-order valence-corrected chi connectivity index (χ3v) is 5.29. The molecular formula is C21H29N5O2. The molecule has 4 rings (SSSR count). The van der Waals surface area contributed by atoms with Crippen LogP contribution in [0.4, 0.5) is 0 Å². The smallest absolute Gasteiger partial charge is 0.220 e. The van der Waals surface area contributed by atoms with E-state index in [0.29, 0.717) is 13.0 Å². The van der Waals surface area contributed by atoms with E-state index in [0.717, 1.165) is 27.8 Å². The first-order valence-corrected chi connectivity index (χ1v) is 9.67. The molecule has 0 radical (unpaired) electrons. The average molecular weight is 383 g/mol. The van der Waals surface area contributed by atoms with Gasteiger partial charge in [-0.25, -0.2) is 0 Å². The van der Waals surface area contributed by atoms with E-state index in [1.807, 2.05) is 31.0 Å². The van der Waals surface area contributed by atoms with Crippen molar-refractivity contribution in [2.75, 3.05) is 6.54 Å². The predicted molar refractivity (Wildman–Crippen MR) is 110 cm³/mol. The lowest BCUT2D eigenvalue weighted by Crippen LogP contribution is -2.25. The minimum Gasteiger partial charge on any atom is -0.490 e. The number of carbonyl (C=O) groups is 1. The van der Waals surface area contributed by atoms with Crippen LogP contribution in [0.15, 0.2) is 30.7 Å². The number of hydrogen-bond donors (Lipinski definition) is 1. The number of hydrogen-bond acceptors (Lipinski definition) is 4. The number of carbonyl (C=O) groups excluding carboxylic acids is 1. The topological polar surface area (TPSA) is 74.0 Å². The Balaban J connectivity index is 0.00000240. The number of fused-ring (bicyclic) bond motifs is 1. The first-order valence-electron chi connectivity index (χ1n) is 9.67. The van der Waals surface area contributed by atoms with Crippen molar-refractivity contribution in [1.82, 2.24) is 24.9 Å². The number of aromatic nitrogens is 4. The zero-order valence-corrected chi connectivity index (χ0v) is 17.1. The van der Waals surface area contributed by atoms with E-state index in [4.69, 9.17) is 4.74 Å². The van der Waals surface area contributed by atoms with E-state index in [2.05, 4.69) is 54.6 Å². The highest BCUT2D eigenvalue weighted by Gasteiger charge is 2.28. The van der Waals surface area contributed by atoms with Crippen LogP contribution in [0.3, 0.4) is 0 Å². The molecule has 1 aliphatic rings. The number of rotatable bonds is 4. The summed E-state index contributed by atoms with van der Waals surface area (Å²) < 4.78 is 10.1. The number of nitrogens with one attached hydrogen (secondary N) is 1. The lowest BCUT2D eigenvalue weighted by atomic mass is 10.0. The second-order valence-corrected chi connectivity index (χ2v) is 8.65. The monoisotopic (exact) mass is 383 g/mol. The average Bonchev–Trinajstić information content (AvgIpc) is 3.32. The summed E-state index contributed by atoms with van der Waals surface area (Å²) in [5.41, 5.74) is 2.84. The molecule has 2 aromatic heterocycles. The molecule has 1 saturated heterocycles. The molecule has 7 nitrogen and oxygen atoms in total. The molecule has 28 heavy (non-hydrogen) atoms. The van der Waals surface area contributed by atoms with E-state index < -0.39 is 0 Å². The second-order valence-electron chi connectivity index (χ2n) is 8.65. The van der Waals surface area contributed by atoms with Crippen LogP contribution in [-0.2, 0) is 17.4 Å². The van der Waals surface area contributed by atoms with Crippen molar-refractivity contribution in [3.8, 4) is 16.9 Å². The Morgan fingerprint density at radius 1 is 1.29 bits per heavy atom. The van der Waals surface area contributed by atoms with Crippen molar-refractivity contribution in [2.45, 2.75) is 45.8 Å². The maximum Gasteiger partial charge on any atom is 0.220 e. The van der Waals surface area contributed by atoms with Gasteiger partial charge in [0.15, 0.2) is 0 Å². The van der Waals surface area contributed by atoms with Crippen LogP contribution in [0.25, 0.3) is 22.0 Å². The van der Waals surface area contributed by atoms with Crippen LogP contribution >= 0.6 is 0 Å². The molecule has 1 amide bonds. The van der Waals surface area contributed by atoms with Gasteiger partial charge in [0.25, 0.3) is 0 Å². The highest BCUT2D eigenvalue weighted by atomic mass is 16.5. The summed E-state index contributed by atoms with van der Waals surface area (Å²) in [5.74, 6) is 1.05. The van der Waals surface area contributed by atoms with Crippen molar-refractivity contribution in [3.05, 3.63) is 30.7 Å². The van der Waals surface area contributed by atoms with Crippen molar-refractivity contribution in [1.29, 1.82) is 0 Å². The molecular weight excluding hydrogens is 354 g/mol. The first kappa shape index (κ1) is 18.5. The number of aryl methyl sites for hydroxylation is 1. The molecule has 1 aromatic carbocycles. The molecule has 0 spiro atoms. The van der Waals surface area contributed by atoms with Crippen molar-refractivity contribution in [2.24, 2.45) is 13.0 Å². The lowest BCUT2D eigenvalue weighted by Gasteiger charge is -2.20. The van der Waals surface area contributed by atoms with Crippen molar-refractivity contribution >= 4 is 16.8 Å². The van der Waals surface area contributed by atoms with Gasteiger partial charge in [0.05, 0.1) is 22.6 Å². The molecule has 150 valence electrons. The molecule has 7 heteroatoms. The molecule has 0 unspecified atom stereocenters. The van der Waals surface area contributed by atoms with Crippen LogP contribution in [0, 0.1) is 5.92 Å². The normalized spacial score (nSPS) is 18.5. The summed E-state index contributed by atoms with van der Waals surface area (Å²) in [6.07, 6.45) is 6.33. The number of ether oxygens (including phenoxy) is 1. The molecule has 3 aromatic rings. The Kier molecular flexibility index (Phi) is 4.40. The molecule has 2 atom stereocenters.